The number of rotatable bonds is 4. The molecule has 0 bridgehead atoms. The fraction of sp³-hybridized carbons (Fsp3) is 0.562. The van der Waals surface area contributed by atoms with E-state index < -0.39 is 11.0 Å². The molecule has 0 saturated carbocycles. The predicted molar refractivity (Wildman–Crippen MR) is 96.7 cm³/mol. The van der Waals surface area contributed by atoms with Crippen LogP contribution in [0, 0.1) is 0 Å². The largest absolute Gasteiger partial charge is 0.381 e. The molecule has 0 unspecified atom stereocenters. The molecule has 1 aromatic carbocycles. The average Bonchev–Trinajstić information content (AvgIpc) is 2.45. The summed E-state index contributed by atoms with van der Waals surface area (Å²) in [6.45, 7) is 5.43. The lowest BCUT2D eigenvalue weighted by Gasteiger charge is -2.34. The van der Waals surface area contributed by atoms with Crippen LogP contribution in [-0.2, 0) is 14.9 Å². The van der Waals surface area contributed by atoms with Gasteiger partial charge in [-0.3, -0.25) is 4.79 Å². The van der Waals surface area contributed by atoms with Crippen LogP contribution in [0.4, 0.5) is 0 Å². The first-order valence-corrected chi connectivity index (χ1v) is 8.11. The van der Waals surface area contributed by atoms with Crippen molar-refractivity contribution < 1.29 is 9.53 Å². The maximum absolute atomic E-state index is 12.4. The third-order valence-corrected chi connectivity index (χ3v) is 4.80. The maximum Gasteiger partial charge on any atom is 0.240 e. The molecule has 1 aliphatic heterocycles. The number of halogens is 3. The van der Waals surface area contributed by atoms with Crippen LogP contribution < -0.4 is 11.1 Å². The molecule has 23 heavy (non-hydrogen) atoms. The van der Waals surface area contributed by atoms with E-state index in [1.165, 1.54) is 0 Å². The molecular formula is C16H23Cl3N2O2. The van der Waals surface area contributed by atoms with Gasteiger partial charge in [-0.05, 0) is 30.5 Å². The van der Waals surface area contributed by atoms with Gasteiger partial charge in [-0.15, -0.1) is 12.4 Å². The summed E-state index contributed by atoms with van der Waals surface area (Å²) < 4.78 is 5.27. The Kier molecular flexibility index (Phi) is 7.17. The lowest BCUT2D eigenvalue weighted by molar-refractivity contribution is -0.130. The van der Waals surface area contributed by atoms with Gasteiger partial charge in [0.2, 0.25) is 5.91 Å². The highest BCUT2D eigenvalue weighted by Gasteiger charge is 2.37. The van der Waals surface area contributed by atoms with Gasteiger partial charge >= 0.3 is 0 Å². The molecule has 1 saturated heterocycles. The van der Waals surface area contributed by atoms with Crippen LogP contribution >= 0.6 is 35.6 Å². The summed E-state index contributed by atoms with van der Waals surface area (Å²) in [6.07, 6.45) is 1.07. The van der Waals surface area contributed by atoms with Crippen LogP contribution in [0.15, 0.2) is 18.2 Å². The van der Waals surface area contributed by atoms with Crippen LogP contribution in [-0.4, -0.2) is 31.2 Å². The van der Waals surface area contributed by atoms with E-state index in [9.17, 15) is 4.79 Å². The van der Waals surface area contributed by atoms with Crippen LogP contribution in [0.3, 0.4) is 0 Å². The second-order valence-electron chi connectivity index (χ2n) is 6.43. The third-order valence-electron chi connectivity index (χ3n) is 4.17. The van der Waals surface area contributed by atoms with Gasteiger partial charge in [-0.2, -0.15) is 0 Å². The second kappa shape index (κ2) is 8.04. The smallest absolute Gasteiger partial charge is 0.240 e. The molecular weight excluding hydrogens is 359 g/mol. The minimum absolute atomic E-state index is 0. The standard InChI is InChI=1S/C16H22Cl2N2O2.ClH/c1-15(2,13-11(17)4-3-5-12(13)18)10-20-14(21)16(19)6-8-22-9-7-16;/h3-5H,6-10,19H2,1-2H3,(H,20,21);1H. The normalized spacial score (nSPS) is 17.3. The first-order valence-electron chi connectivity index (χ1n) is 7.36. The van der Waals surface area contributed by atoms with Gasteiger partial charge in [0.15, 0.2) is 0 Å². The van der Waals surface area contributed by atoms with Crippen LogP contribution in [0.1, 0.15) is 32.3 Å². The van der Waals surface area contributed by atoms with Crippen LogP contribution in [0.25, 0.3) is 0 Å². The van der Waals surface area contributed by atoms with Crippen LogP contribution in [0.5, 0.6) is 0 Å². The molecule has 0 aliphatic carbocycles. The van der Waals surface area contributed by atoms with Crippen molar-refractivity contribution in [3.05, 3.63) is 33.8 Å². The highest BCUT2D eigenvalue weighted by molar-refractivity contribution is 6.36. The Morgan fingerprint density at radius 3 is 2.35 bits per heavy atom. The van der Waals surface area contributed by atoms with E-state index in [1.807, 2.05) is 13.8 Å². The van der Waals surface area contributed by atoms with E-state index in [1.54, 1.807) is 18.2 Å². The van der Waals surface area contributed by atoms with Crippen molar-refractivity contribution in [1.82, 2.24) is 5.32 Å². The molecule has 130 valence electrons. The zero-order valence-electron chi connectivity index (χ0n) is 13.3. The molecule has 1 fully saturated rings. The number of carbonyl (C=O) groups excluding carboxylic acids is 1. The van der Waals surface area contributed by atoms with Gasteiger partial charge in [0, 0.05) is 35.2 Å². The maximum atomic E-state index is 12.4. The topological polar surface area (TPSA) is 64.4 Å². The Balaban J connectivity index is 0.00000264. The molecule has 0 spiro atoms. The molecule has 1 aliphatic rings. The Hall–Kier alpha value is -0.520. The SMILES string of the molecule is CC(C)(CNC(=O)C1(N)CCOCC1)c1c(Cl)cccc1Cl.Cl. The number of ether oxygens (including phenoxy) is 1. The Bertz CT molecular complexity index is 538. The molecule has 2 rings (SSSR count). The number of amides is 1. The fourth-order valence-corrected chi connectivity index (χ4v) is 3.58. The van der Waals surface area contributed by atoms with E-state index in [-0.39, 0.29) is 18.3 Å². The van der Waals surface area contributed by atoms with Gasteiger partial charge in [0.25, 0.3) is 0 Å². The first kappa shape index (κ1) is 20.5. The van der Waals surface area contributed by atoms with Crippen molar-refractivity contribution in [1.29, 1.82) is 0 Å². The fourth-order valence-electron chi connectivity index (χ4n) is 2.67. The van der Waals surface area contributed by atoms with Crippen molar-refractivity contribution in [3.63, 3.8) is 0 Å². The average molecular weight is 382 g/mol. The molecule has 1 aromatic rings. The van der Waals surface area contributed by atoms with E-state index in [0.717, 1.165) is 5.56 Å². The van der Waals surface area contributed by atoms with Gasteiger partial charge in [-0.25, -0.2) is 0 Å². The Morgan fingerprint density at radius 2 is 1.83 bits per heavy atom. The lowest BCUT2D eigenvalue weighted by Crippen LogP contribution is -2.58. The van der Waals surface area contributed by atoms with Gasteiger partial charge in [0.1, 0.15) is 0 Å². The highest BCUT2D eigenvalue weighted by Crippen LogP contribution is 2.35. The minimum atomic E-state index is -0.849. The van der Waals surface area contributed by atoms with E-state index in [4.69, 9.17) is 33.7 Å². The summed E-state index contributed by atoms with van der Waals surface area (Å²) in [7, 11) is 0. The zero-order chi connectivity index (χ0) is 16.4. The van der Waals surface area contributed by atoms with Crippen molar-refractivity contribution in [2.24, 2.45) is 5.73 Å². The molecule has 7 heteroatoms. The van der Waals surface area contributed by atoms with Crippen molar-refractivity contribution in [3.8, 4) is 0 Å². The summed E-state index contributed by atoms with van der Waals surface area (Å²) in [6, 6.07) is 5.41. The third kappa shape index (κ3) is 4.74. The van der Waals surface area contributed by atoms with Gasteiger partial charge in [-0.1, -0.05) is 43.1 Å². The Morgan fingerprint density at radius 1 is 1.30 bits per heavy atom. The molecule has 1 amide bonds. The molecule has 3 N–H and O–H groups in total. The zero-order valence-corrected chi connectivity index (χ0v) is 15.7. The molecule has 0 aromatic heterocycles. The number of hydrogen-bond acceptors (Lipinski definition) is 3. The summed E-state index contributed by atoms with van der Waals surface area (Å²) in [4.78, 5) is 12.4. The van der Waals surface area contributed by atoms with Crippen molar-refractivity contribution in [2.75, 3.05) is 19.8 Å². The van der Waals surface area contributed by atoms with Gasteiger partial charge < -0.3 is 15.8 Å². The van der Waals surface area contributed by atoms with E-state index in [2.05, 4.69) is 5.32 Å². The first-order chi connectivity index (χ1) is 10.3. The predicted octanol–water partition coefficient (Wildman–Crippen LogP) is 3.32. The molecule has 4 nitrogen and oxygen atoms in total. The second-order valence-corrected chi connectivity index (χ2v) is 7.25. The monoisotopic (exact) mass is 380 g/mol. The van der Waals surface area contributed by atoms with Crippen LogP contribution in [0.2, 0.25) is 10.0 Å². The highest BCUT2D eigenvalue weighted by atomic mass is 35.5. The molecule has 0 atom stereocenters. The van der Waals surface area contributed by atoms with Gasteiger partial charge in [0.05, 0.1) is 5.54 Å². The minimum Gasteiger partial charge on any atom is -0.381 e. The molecule has 1 heterocycles. The summed E-state index contributed by atoms with van der Waals surface area (Å²) in [5.74, 6) is -0.146. The Labute approximate surface area is 153 Å². The quantitative estimate of drug-likeness (QED) is 0.841. The summed E-state index contributed by atoms with van der Waals surface area (Å²) in [5.41, 5.74) is 5.77. The van der Waals surface area contributed by atoms with Crippen molar-refractivity contribution in [2.45, 2.75) is 37.6 Å². The van der Waals surface area contributed by atoms with E-state index in [0.29, 0.717) is 42.6 Å². The molecule has 0 radical (unpaired) electrons. The number of benzene rings is 1. The van der Waals surface area contributed by atoms with Crippen molar-refractivity contribution >= 4 is 41.5 Å². The summed E-state index contributed by atoms with van der Waals surface area (Å²) >= 11 is 12.5. The van der Waals surface area contributed by atoms with E-state index >= 15 is 0 Å². The lowest BCUT2D eigenvalue weighted by atomic mass is 9.83. The summed E-state index contributed by atoms with van der Waals surface area (Å²) in [5, 5.41) is 4.14. The number of hydrogen-bond donors (Lipinski definition) is 2. The number of nitrogens with two attached hydrogens (primary N) is 1. The number of nitrogens with one attached hydrogen (secondary N) is 1. The number of carbonyl (C=O) groups is 1.